The molecular weight excluding hydrogens is 532 g/mol. The van der Waals surface area contributed by atoms with Crippen molar-refractivity contribution in [3.05, 3.63) is 84.4 Å². The predicted octanol–water partition coefficient (Wildman–Crippen LogP) is 5.12. The molecule has 5 rings (SSSR count). The summed E-state index contributed by atoms with van der Waals surface area (Å²) in [5.74, 6) is 0.908. The van der Waals surface area contributed by atoms with Crippen molar-refractivity contribution in [2.45, 2.75) is 25.5 Å². The Morgan fingerprint density at radius 2 is 2.08 bits per heavy atom. The Balaban J connectivity index is 1.37. The Kier molecular flexibility index (Phi) is 8.07. The van der Waals surface area contributed by atoms with Crippen molar-refractivity contribution < 1.29 is 19.1 Å². The van der Waals surface area contributed by atoms with Crippen LogP contribution in [0.15, 0.2) is 73.8 Å². The normalized spacial score (nSPS) is 14.6. The third-order valence-corrected chi connectivity index (χ3v) is 6.83. The Morgan fingerprint density at radius 3 is 2.83 bits per heavy atom. The molecule has 11 heteroatoms. The molecular formula is C29H27ClN6O4. The van der Waals surface area contributed by atoms with Crippen LogP contribution in [-0.4, -0.2) is 51.4 Å². The number of aromatic nitrogens is 3. The van der Waals surface area contributed by atoms with Crippen LogP contribution in [0.25, 0.3) is 10.9 Å². The molecule has 10 nitrogen and oxygen atoms in total. The molecule has 204 valence electrons. The number of ether oxygens (including phenoxy) is 2. The number of nitrogens with zero attached hydrogens (tertiary/aromatic N) is 4. The van der Waals surface area contributed by atoms with Gasteiger partial charge in [-0.2, -0.15) is 0 Å². The summed E-state index contributed by atoms with van der Waals surface area (Å²) in [6.45, 7) is 4.39. The maximum Gasteiger partial charge on any atom is 0.247 e. The highest BCUT2D eigenvalue weighted by Crippen LogP contribution is 2.35. The van der Waals surface area contributed by atoms with Gasteiger partial charge in [-0.3, -0.25) is 14.6 Å². The van der Waals surface area contributed by atoms with E-state index in [4.69, 9.17) is 21.1 Å². The number of pyridine rings is 1. The fourth-order valence-corrected chi connectivity index (χ4v) is 4.80. The second kappa shape index (κ2) is 12.0. The highest BCUT2D eigenvalue weighted by atomic mass is 35.5. The summed E-state index contributed by atoms with van der Waals surface area (Å²) in [6.07, 6.45) is 7.41. The van der Waals surface area contributed by atoms with Crippen LogP contribution in [-0.2, 0) is 16.2 Å². The number of halogens is 1. The zero-order valence-electron chi connectivity index (χ0n) is 21.8. The third-order valence-electron chi connectivity index (χ3n) is 6.54. The Morgan fingerprint density at radius 1 is 1.20 bits per heavy atom. The van der Waals surface area contributed by atoms with Gasteiger partial charge in [-0.1, -0.05) is 24.2 Å². The van der Waals surface area contributed by atoms with E-state index in [2.05, 4.69) is 32.2 Å². The van der Waals surface area contributed by atoms with Crippen molar-refractivity contribution in [3.8, 4) is 11.5 Å². The number of likely N-dealkylation sites (tertiary alicyclic amines) is 1. The lowest BCUT2D eigenvalue weighted by Crippen LogP contribution is -2.42. The zero-order chi connectivity index (χ0) is 28.1. The maximum atomic E-state index is 13.2. The molecule has 0 aliphatic carbocycles. The molecule has 2 N–H and O–H groups in total. The quantitative estimate of drug-likeness (QED) is 0.272. The van der Waals surface area contributed by atoms with Crippen molar-refractivity contribution in [3.63, 3.8) is 0 Å². The van der Waals surface area contributed by atoms with Gasteiger partial charge in [0.1, 0.15) is 36.3 Å². The van der Waals surface area contributed by atoms with Crippen LogP contribution < -0.4 is 20.1 Å². The lowest BCUT2D eigenvalue weighted by Gasteiger charge is -2.23. The van der Waals surface area contributed by atoms with E-state index in [1.165, 1.54) is 24.4 Å². The van der Waals surface area contributed by atoms with Crippen LogP contribution in [0.1, 0.15) is 18.4 Å². The molecule has 0 radical (unpaired) electrons. The van der Waals surface area contributed by atoms with Gasteiger partial charge in [0.25, 0.3) is 0 Å². The molecule has 1 saturated heterocycles. The number of amides is 2. The van der Waals surface area contributed by atoms with Gasteiger partial charge in [0.2, 0.25) is 11.8 Å². The van der Waals surface area contributed by atoms with E-state index in [9.17, 15) is 9.59 Å². The number of hydrogen-bond donors (Lipinski definition) is 2. The van der Waals surface area contributed by atoms with E-state index in [0.29, 0.717) is 64.2 Å². The molecule has 0 spiro atoms. The van der Waals surface area contributed by atoms with Gasteiger partial charge < -0.3 is 25.0 Å². The molecule has 2 amide bonds. The standard InChI is InChI=1S/C29H27ClN6O4/c1-3-27(37)36-11-5-7-24(36)29(38)35-23-13-20-22(14-26(23)39-2)32-17-33-28(20)34-19-8-9-25(21(30)12-19)40-16-18-6-4-10-31-15-18/h3-4,6,8-10,12-15,17,24H,1,5,7,11,16H2,2H3,(H,35,38)(H,32,33,34)/t24-/m0/s1. The molecule has 1 aliphatic rings. The summed E-state index contributed by atoms with van der Waals surface area (Å²) in [7, 11) is 1.51. The highest BCUT2D eigenvalue weighted by Gasteiger charge is 2.33. The summed E-state index contributed by atoms with van der Waals surface area (Å²) in [6, 6.07) is 12.0. The topological polar surface area (TPSA) is 119 Å². The van der Waals surface area contributed by atoms with E-state index in [1.54, 1.807) is 36.7 Å². The number of carbonyl (C=O) groups excluding carboxylic acids is 2. The first kappa shape index (κ1) is 26.9. The molecule has 1 atom stereocenters. The number of nitrogens with one attached hydrogen (secondary N) is 2. The minimum atomic E-state index is -0.587. The van der Waals surface area contributed by atoms with Crippen LogP contribution in [0.3, 0.4) is 0 Å². The van der Waals surface area contributed by atoms with Crippen LogP contribution in [0.4, 0.5) is 17.2 Å². The Labute approximate surface area is 236 Å². The predicted molar refractivity (Wildman–Crippen MR) is 153 cm³/mol. The van der Waals surface area contributed by atoms with E-state index >= 15 is 0 Å². The van der Waals surface area contributed by atoms with Crippen LogP contribution >= 0.6 is 11.6 Å². The van der Waals surface area contributed by atoms with Gasteiger partial charge in [0.15, 0.2) is 0 Å². The molecule has 2 aromatic heterocycles. The number of benzene rings is 2. The summed E-state index contributed by atoms with van der Waals surface area (Å²) >= 11 is 6.50. The van der Waals surface area contributed by atoms with Crippen molar-refractivity contribution in [2.24, 2.45) is 0 Å². The first-order valence-electron chi connectivity index (χ1n) is 12.6. The molecule has 40 heavy (non-hydrogen) atoms. The van der Waals surface area contributed by atoms with Gasteiger partial charge >= 0.3 is 0 Å². The average molecular weight is 559 g/mol. The van der Waals surface area contributed by atoms with E-state index in [0.717, 1.165) is 12.0 Å². The zero-order valence-corrected chi connectivity index (χ0v) is 22.5. The average Bonchev–Trinajstić information content (AvgIpc) is 3.47. The van der Waals surface area contributed by atoms with Crippen molar-refractivity contribution in [2.75, 3.05) is 24.3 Å². The Hall–Kier alpha value is -4.70. The monoisotopic (exact) mass is 558 g/mol. The molecule has 0 bridgehead atoms. The number of hydrogen-bond acceptors (Lipinski definition) is 8. The van der Waals surface area contributed by atoms with Crippen molar-refractivity contribution >= 4 is 51.5 Å². The Bertz CT molecular complexity index is 1570. The van der Waals surface area contributed by atoms with Crippen LogP contribution in [0, 0.1) is 0 Å². The lowest BCUT2D eigenvalue weighted by atomic mass is 10.1. The van der Waals surface area contributed by atoms with Gasteiger partial charge in [-0.25, -0.2) is 9.97 Å². The first-order valence-corrected chi connectivity index (χ1v) is 13.0. The summed E-state index contributed by atoms with van der Waals surface area (Å²) in [5, 5.41) is 7.27. The molecule has 2 aromatic carbocycles. The second-order valence-electron chi connectivity index (χ2n) is 9.10. The maximum absolute atomic E-state index is 13.2. The van der Waals surface area contributed by atoms with E-state index < -0.39 is 6.04 Å². The van der Waals surface area contributed by atoms with Crippen LogP contribution in [0.5, 0.6) is 11.5 Å². The number of anilines is 3. The molecule has 1 fully saturated rings. The van der Waals surface area contributed by atoms with E-state index in [-0.39, 0.29) is 11.8 Å². The summed E-state index contributed by atoms with van der Waals surface area (Å²) in [4.78, 5) is 39.8. The van der Waals surface area contributed by atoms with Gasteiger partial charge in [0.05, 0.1) is 23.3 Å². The molecule has 4 aromatic rings. The minimum absolute atomic E-state index is 0.268. The van der Waals surface area contributed by atoms with E-state index in [1.807, 2.05) is 18.2 Å². The van der Waals surface area contributed by atoms with Crippen molar-refractivity contribution in [1.29, 1.82) is 0 Å². The van der Waals surface area contributed by atoms with Gasteiger partial charge in [-0.05, 0) is 49.2 Å². The summed E-state index contributed by atoms with van der Waals surface area (Å²) < 4.78 is 11.4. The van der Waals surface area contributed by atoms with Crippen molar-refractivity contribution in [1.82, 2.24) is 19.9 Å². The fraction of sp³-hybridized carbons (Fsp3) is 0.207. The molecule has 0 unspecified atom stereocenters. The van der Waals surface area contributed by atoms with Gasteiger partial charge in [0, 0.05) is 41.6 Å². The molecule has 1 aliphatic heterocycles. The fourth-order valence-electron chi connectivity index (χ4n) is 4.56. The first-order chi connectivity index (χ1) is 19.5. The van der Waals surface area contributed by atoms with Crippen LogP contribution in [0.2, 0.25) is 5.02 Å². The highest BCUT2D eigenvalue weighted by molar-refractivity contribution is 6.32. The van der Waals surface area contributed by atoms with Gasteiger partial charge in [-0.15, -0.1) is 0 Å². The minimum Gasteiger partial charge on any atom is -0.494 e. The molecule has 3 heterocycles. The number of fused-ring (bicyclic) bond motifs is 1. The third kappa shape index (κ3) is 5.81. The number of carbonyl (C=O) groups is 2. The molecule has 0 saturated carbocycles. The number of rotatable bonds is 9. The lowest BCUT2D eigenvalue weighted by molar-refractivity contribution is -0.132. The smallest absolute Gasteiger partial charge is 0.247 e. The second-order valence-corrected chi connectivity index (χ2v) is 9.50. The SMILES string of the molecule is C=CC(=O)N1CCC[C@H]1C(=O)Nc1cc2c(Nc3ccc(OCc4cccnc4)c(Cl)c3)ncnc2cc1OC. The summed E-state index contributed by atoms with van der Waals surface area (Å²) in [5.41, 5.74) is 2.66. The number of methoxy groups -OCH3 is 1. The largest absolute Gasteiger partial charge is 0.494 e.